The summed E-state index contributed by atoms with van der Waals surface area (Å²) >= 11 is 5.61. The summed E-state index contributed by atoms with van der Waals surface area (Å²) in [6.07, 6.45) is 1.54. The molecular weight excluding hydrogens is 329 g/mol. The summed E-state index contributed by atoms with van der Waals surface area (Å²) in [7, 11) is -4.14. The van der Waals surface area contributed by atoms with Crippen molar-refractivity contribution in [2.45, 2.75) is 4.90 Å². The number of hydrogen-bond acceptors (Lipinski definition) is 4. The van der Waals surface area contributed by atoms with Crippen LogP contribution in [0.25, 0.3) is 10.9 Å². The number of aromatic nitrogens is 1. The number of halogens is 2. The molecule has 0 aliphatic carbocycles. The van der Waals surface area contributed by atoms with Crippen LogP contribution in [-0.4, -0.2) is 13.4 Å². The maximum atomic E-state index is 13.1. The molecule has 1 aromatic heterocycles. The van der Waals surface area contributed by atoms with Gasteiger partial charge in [0, 0.05) is 11.6 Å². The summed E-state index contributed by atoms with van der Waals surface area (Å²) in [6.45, 7) is 0. The van der Waals surface area contributed by atoms with Crippen molar-refractivity contribution in [2.75, 3.05) is 0 Å². The van der Waals surface area contributed by atoms with Gasteiger partial charge in [-0.05, 0) is 30.3 Å². The molecule has 3 aromatic rings. The number of benzene rings is 2. The Hall–Kier alpha value is -2.18. The van der Waals surface area contributed by atoms with Gasteiger partial charge >= 0.3 is 10.1 Å². The maximum absolute atomic E-state index is 13.1. The van der Waals surface area contributed by atoms with Crippen LogP contribution in [0.15, 0.2) is 59.6 Å². The summed E-state index contributed by atoms with van der Waals surface area (Å²) in [6, 6.07) is 11.5. The summed E-state index contributed by atoms with van der Waals surface area (Å²) in [5.41, 5.74) is 0.418. The highest BCUT2D eigenvalue weighted by molar-refractivity contribution is 7.87. The van der Waals surface area contributed by atoms with E-state index in [1.54, 1.807) is 24.3 Å². The lowest BCUT2D eigenvalue weighted by atomic mass is 10.2. The van der Waals surface area contributed by atoms with Crippen molar-refractivity contribution in [2.24, 2.45) is 0 Å². The lowest BCUT2D eigenvalue weighted by Gasteiger charge is -2.09. The minimum atomic E-state index is -4.14. The molecule has 0 atom stereocenters. The lowest BCUT2D eigenvalue weighted by molar-refractivity contribution is 0.488. The highest BCUT2D eigenvalue weighted by atomic mass is 35.5. The molecule has 0 unspecified atom stereocenters. The second-order valence-corrected chi connectivity index (χ2v) is 6.40. The zero-order valence-electron chi connectivity index (χ0n) is 11.0. The Labute approximate surface area is 131 Å². The summed E-state index contributed by atoms with van der Waals surface area (Å²) in [5, 5.41) is 0.452. The average Bonchev–Trinajstić information content (AvgIpc) is 2.50. The van der Waals surface area contributed by atoms with Crippen molar-refractivity contribution in [1.82, 2.24) is 4.98 Å². The van der Waals surface area contributed by atoms with E-state index in [0.717, 1.165) is 23.6 Å². The standard InChI is InChI=1S/C15H9ClFNO3S/c16-12-9-11(6-7-13(12)17)22(19,20)21-14-5-1-3-10-4-2-8-18-15(10)14/h1-9H. The van der Waals surface area contributed by atoms with Crippen LogP contribution >= 0.6 is 11.6 Å². The van der Waals surface area contributed by atoms with E-state index in [4.69, 9.17) is 15.8 Å². The van der Waals surface area contributed by atoms with Crippen molar-refractivity contribution in [3.05, 3.63) is 65.6 Å². The van der Waals surface area contributed by atoms with Gasteiger partial charge in [0.1, 0.15) is 16.2 Å². The lowest BCUT2D eigenvalue weighted by Crippen LogP contribution is -2.10. The molecule has 0 saturated heterocycles. The Morgan fingerprint density at radius 1 is 1.09 bits per heavy atom. The van der Waals surface area contributed by atoms with E-state index in [1.165, 1.54) is 12.3 Å². The molecule has 0 amide bonds. The fourth-order valence-electron chi connectivity index (χ4n) is 1.94. The molecule has 1 heterocycles. The van der Waals surface area contributed by atoms with E-state index in [9.17, 15) is 12.8 Å². The Morgan fingerprint density at radius 2 is 1.86 bits per heavy atom. The first-order chi connectivity index (χ1) is 10.5. The molecule has 2 aromatic carbocycles. The molecule has 0 saturated carbocycles. The molecule has 4 nitrogen and oxygen atoms in total. The van der Waals surface area contributed by atoms with Gasteiger partial charge in [-0.1, -0.05) is 29.8 Å². The highest BCUT2D eigenvalue weighted by Gasteiger charge is 2.19. The van der Waals surface area contributed by atoms with Crippen LogP contribution in [0.2, 0.25) is 5.02 Å². The smallest absolute Gasteiger partial charge is 0.339 e. The van der Waals surface area contributed by atoms with Crippen LogP contribution in [0.5, 0.6) is 5.75 Å². The van der Waals surface area contributed by atoms with Gasteiger partial charge in [-0.15, -0.1) is 0 Å². The average molecular weight is 338 g/mol. The largest absolute Gasteiger partial charge is 0.377 e. The van der Waals surface area contributed by atoms with Gasteiger partial charge in [0.25, 0.3) is 0 Å². The third kappa shape index (κ3) is 2.75. The monoisotopic (exact) mass is 337 g/mol. The Kier molecular flexibility index (Phi) is 3.72. The molecule has 0 fully saturated rings. The zero-order chi connectivity index (χ0) is 15.7. The molecule has 3 rings (SSSR count). The van der Waals surface area contributed by atoms with Crippen molar-refractivity contribution in [3.63, 3.8) is 0 Å². The van der Waals surface area contributed by atoms with E-state index >= 15 is 0 Å². The molecule has 0 radical (unpaired) electrons. The molecular formula is C15H9ClFNO3S. The van der Waals surface area contributed by atoms with Crippen LogP contribution in [-0.2, 0) is 10.1 Å². The van der Waals surface area contributed by atoms with E-state index in [1.807, 2.05) is 0 Å². The number of para-hydroxylation sites is 1. The van der Waals surface area contributed by atoms with Gasteiger partial charge in [0.2, 0.25) is 0 Å². The third-order valence-corrected chi connectivity index (χ3v) is 4.49. The van der Waals surface area contributed by atoms with Crippen LogP contribution in [0.3, 0.4) is 0 Å². The van der Waals surface area contributed by atoms with Gasteiger partial charge in [0.15, 0.2) is 5.75 Å². The second kappa shape index (κ2) is 5.55. The first kappa shape index (κ1) is 14.7. The SMILES string of the molecule is O=S(=O)(Oc1cccc2cccnc12)c1ccc(F)c(Cl)c1. The van der Waals surface area contributed by atoms with Crippen molar-refractivity contribution < 1.29 is 17.0 Å². The topological polar surface area (TPSA) is 56.3 Å². The van der Waals surface area contributed by atoms with Crippen LogP contribution in [0.4, 0.5) is 4.39 Å². The van der Waals surface area contributed by atoms with Gasteiger partial charge < -0.3 is 4.18 Å². The molecule has 0 N–H and O–H groups in total. The zero-order valence-corrected chi connectivity index (χ0v) is 12.6. The molecule has 0 spiro atoms. The fraction of sp³-hybridized carbons (Fsp3) is 0. The fourth-order valence-corrected chi connectivity index (χ4v) is 3.15. The van der Waals surface area contributed by atoms with E-state index in [2.05, 4.69) is 4.98 Å². The van der Waals surface area contributed by atoms with Gasteiger partial charge in [-0.3, -0.25) is 4.98 Å². The van der Waals surface area contributed by atoms with Crippen LogP contribution in [0, 0.1) is 5.82 Å². The normalized spacial score (nSPS) is 11.5. The summed E-state index contributed by atoms with van der Waals surface area (Å²) in [4.78, 5) is 3.89. The summed E-state index contributed by atoms with van der Waals surface area (Å²) < 4.78 is 42.8. The molecule has 0 aliphatic heterocycles. The van der Waals surface area contributed by atoms with Crippen molar-refractivity contribution in [3.8, 4) is 5.75 Å². The van der Waals surface area contributed by atoms with Gasteiger partial charge in [-0.2, -0.15) is 8.42 Å². The van der Waals surface area contributed by atoms with Crippen molar-refractivity contribution >= 4 is 32.6 Å². The van der Waals surface area contributed by atoms with Gasteiger partial charge in [-0.25, -0.2) is 4.39 Å². The van der Waals surface area contributed by atoms with E-state index in [-0.39, 0.29) is 15.7 Å². The first-order valence-electron chi connectivity index (χ1n) is 6.21. The van der Waals surface area contributed by atoms with Crippen LogP contribution in [0.1, 0.15) is 0 Å². The minimum Gasteiger partial charge on any atom is -0.377 e. The Balaban J connectivity index is 2.05. The van der Waals surface area contributed by atoms with Crippen LogP contribution < -0.4 is 4.18 Å². The maximum Gasteiger partial charge on any atom is 0.339 e. The highest BCUT2D eigenvalue weighted by Crippen LogP contribution is 2.27. The first-order valence-corrected chi connectivity index (χ1v) is 7.99. The number of fused-ring (bicyclic) bond motifs is 1. The Morgan fingerprint density at radius 3 is 2.64 bits per heavy atom. The quantitative estimate of drug-likeness (QED) is 0.682. The molecule has 0 aliphatic rings. The molecule has 7 heteroatoms. The second-order valence-electron chi connectivity index (χ2n) is 4.44. The molecule has 22 heavy (non-hydrogen) atoms. The minimum absolute atomic E-state index is 0.0959. The number of pyridine rings is 1. The molecule has 112 valence electrons. The third-order valence-electron chi connectivity index (χ3n) is 2.97. The Bertz CT molecular complexity index is 955. The number of nitrogens with zero attached hydrogens (tertiary/aromatic N) is 1. The number of hydrogen-bond donors (Lipinski definition) is 0. The van der Waals surface area contributed by atoms with Gasteiger partial charge in [0.05, 0.1) is 5.02 Å². The van der Waals surface area contributed by atoms with Crippen molar-refractivity contribution in [1.29, 1.82) is 0 Å². The predicted molar refractivity (Wildman–Crippen MR) is 81.0 cm³/mol. The number of rotatable bonds is 3. The van der Waals surface area contributed by atoms with E-state index in [0.29, 0.717) is 5.52 Å². The summed E-state index contributed by atoms with van der Waals surface area (Å²) in [5.74, 6) is -0.606. The van der Waals surface area contributed by atoms with E-state index < -0.39 is 15.9 Å². The predicted octanol–water partition coefficient (Wildman–Crippen LogP) is 3.80. The molecule has 0 bridgehead atoms.